The minimum atomic E-state index is -2.09. The Bertz CT molecular complexity index is 155. The van der Waals surface area contributed by atoms with Crippen LogP contribution in [0.4, 0.5) is 0 Å². The molecule has 3 nitrogen and oxygen atoms in total. The van der Waals surface area contributed by atoms with Crippen molar-refractivity contribution in [3.63, 3.8) is 0 Å². The van der Waals surface area contributed by atoms with Crippen LogP contribution in [0, 0.1) is 0 Å². The third-order valence-electron chi connectivity index (χ3n) is 0.809. The molecule has 66 valence electrons. The molecule has 0 fully saturated rings. The highest BCUT2D eigenvalue weighted by Crippen LogP contribution is 2.55. The predicted molar refractivity (Wildman–Crippen MR) is 53.2 cm³/mol. The highest BCUT2D eigenvalue weighted by molar-refractivity contribution is 8.68. The summed E-state index contributed by atoms with van der Waals surface area (Å²) >= 11 is 6.60. The fourth-order valence-corrected chi connectivity index (χ4v) is 4.86. The molecular formula is C5H12NO2PS2. The Balaban J connectivity index is 4.01. The van der Waals surface area contributed by atoms with Crippen molar-refractivity contribution in [2.24, 2.45) is 0 Å². The van der Waals surface area contributed by atoms with E-state index in [9.17, 15) is 4.79 Å². The fourth-order valence-electron chi connectivity index (χ4n) is 0.516. The zero-order valence-corrected chi connectivity index (χ0v) is 9.10. The molecule has 0 aromatic heterocycles. The summed E-state index contributed by atoms with van der Waals surface area (Å²) in [7, 11) is 0. The minimum Gasteiger partial charge on any atom is -0.327 e. The molecule has 0 saturated heterocycles. The van der Waals surface area contributed by atoms with E-state index in [1.165, 1.54) is 11.4 Å². The number of hydrogen-bond donors (Lipinski definition) is 1. The Hall–Kier alpha value is 0.430. The van der Waals surface area contributed by atoms with Gasteiger partial charge in [-0.1, -0.05) is 18.3 Å². The second-order valence-corrected chi connectivity index (χ2v) is 8.48. The van der Waals surface area contributed by atoms with Crippen molar-refractivity contribution in [3.05, 3.63) is 0 Å². The van der Waals surface area contributed by atoms with Gasteiger partial charge in [0.25, 0.3) is 0 Å². The molecule has 0 aromatic rings. The first kappa shape index (κ1) is 11.4. The standard InChI is InChI=1S/C5H12NO2PS2/c1-3-8-9(10,6-5-7)11-4-2/h5H,3-4H2,1-2H3,(H,6,7,10). The van der Waals surface area contributed by atoms with Crippen LogP contribution in [0.25, 0.3) is 0 Å². The summed E-state index contributed by atoms with van der Waals surface area (Å²) in [6, 6.07) is 0. The third-order valence-corrected chi connectivity index (χ3v) is 6.43. The topological polar surface area (TPSA) is 38.3 Å². The monoisotopic (exact) mass is 213 g/mol. The Morgan fingerprint density at radius 1 is 1.73 bits per heavy atom. The first-order valence-electron chi connectivity index (χ1n) is 3.29. The third kappa shape index (κ3) is 4.80. The number of carbonyl (C=O) groups excluding carboxylic acids is 1. The predicted octanol–water partition coefficient (Wildman–Crippen LogP) is 1.75. The largest absolute Gasteiger partial charge is 0.327 e. The Morgan fingerprint density at radius 2 is 2.36 bits per heavy atom. The van der Waals surface area contributed by atoms with Crippen LogP contribution < -0.4 is 5.09 Å². The van der Waals surface area contributed by atoms with Crippen molar-refractivity contribution in [2.45, 2.75) is 13.8 Å². The molecule has 0 saturated carbocycles. The summed E-state index contributed by atoms with van der Waals surface area (Å²) in [6.45, 7) is 4.39. The van der Waals surface area contributed by atoms with E-state index in [4.69, 9.17) is 16.3 Å². The average molecular weight is 213 g/mol. The van der Waals surface area contributed by atoms with E-state index >= 15 is 0 Å². The highest BCUT2D eigenvalue weighted by atomic mass is 32.9. The number of hydrogen-bond acceptors (Lipinski definition) is 4. The molecule has 6 heteroatoms. The number of carbonyl (C=O) groups is 1. The Morgan fingerprint density at radius 3 is 2.73 bits per heavy atom. The second-order valence-electron chi connectivity index (χ2n) is 1.58. The van der Waals surface area contributed by atoms with Crippen LogP contribution in [-0.4, -0.2) is 18.8 Å². The van der Waals surface area contributed by atoms with E-state index in [0.29, 0.717) is 13.0 Å². The molecule has 1 unspecified atom stereocenters. The van der Waals surface area contributed by atoms with Gasteiger partial charge in [-0.2, -0.15) is 0 Å². The molecular weight excluding hydrogens is 201 g/mol. The molecule has 1 atom stereocenters. The van der Waals surface area contributed by atoms with Gasteiger partial charge in [-0.15, -0.1) is 0 Å². The minimum absolute atomic E-state index is 0.547. The van der Waals surface area contributed by atoms with E-state index in [1.54, 1.807) is 0 Å². The van der Waals surface area contributed by atoms with Crippen LogP contribution in [0.3, 0.4) is 0 Å². The van der Waals surface area contributed by atoms with E-state index in [0.717, 1.165) is 5.75 Å². The first-order chi connectivity index (χ1) is 5.18. The molecule has 0 spiro atoms. The van der Waals surface area contributed by atoms with Crippen molar-refractivity contribution < 1.29 is 9.32 Å². The summed E-state index contributed by atoms with van der Waals surface area (Å²) in [5.41, 5.74) is -2.09. The lowest BCUT2D eigenvalue weighted by molar-refractivity contribution is -0.108. The van der Waals surface area contributed by atoms with Crippen molar-refractivity contribution in [1.29, 1.82) is 0 Å². The Labute approximate surface area is 76.2 Å². The zero-order chi connectivity index (χ0) is 8.74. The molecule has 0 heterocycles. The maximum atomic E-state index is 10.1. The van der Waals surface area contributed by atoms with E-state index in [-0.39, 0.29) is 0 Å². The first-order valence-corrected chi connectivity index (χ1v) is 7.60. The van der Waals surface area contributed by atoms with Crippen LogP contribution >= 0.6 is 17.0 Å². The van der Waals surface area contributed by atoms with Gasteiger partial charge in [0, 0.05) is 0 Å². The molecule has 0 aliphatic heterocycles. The van der Waals surface area contributed by atoms with Gasteiger partial charge in [0.05, 0.1) is 6.61 Å². The van der Waals surface area contributed by atoms with Gasteiger partial charge in [0.1, 0.15) is 0 Å². The molecule has 0 aliphatic carbocycles. The molecule has 11 heavy (non-hydrogen) atoms. The maximum Gasteiger partial charge on any atom is 0.213 e. The quantitative estimate of drug-likeness (QED) is 0.539. The van der Waals surface area contributed by atoms with Crippen molar-refractivity contribution >= 4 is 35.2 Å². The van der Waals surface area contributed by atoms with Crippen molar-refractivity contribution in [1.82, 2.24) is 5.09 Å². The van der Waals surface area contributed by atoms with Crippen molar-refractivity contribution in [3.8, 4) is 0 Å². The van der Waals surface area contributed by atoms with E-state index in [1.807, 2.05) is 13.8 Å². The van der Waals surface area contributed by atoms with Gasteiger partial charge < -0.3 is 9.61 Å². The summed E-state index contributed by atoms with van der Waals surface area (Å²) in [5, 5.41) is 2.55. The fraction of sp³-hybridized carbons (Fsp3) is 0.800. The van der Waals surface area contributed by atoms with Gasteiger partial charge in [-0.25, -0.2) is 0 Å². The molecule has 0 rings (SSSR count). The SMILES string of the molecule is CCOP(=S)(NC=O)SCC. The molecule has 0 aromatic carbocycles. The smallest absolute Gasteiger partial charge is 0.213 e. The Kier molecular flexibility index (Phi) is 6.24. The molecule has 1 amide bonds. The summed E-state index contributed by atoms with van der Waals surface area (Å²) in [6.07, 6.45) is 0.610. The summed E-state index contributed by atoms with van der Waals surface area (Å²) in [5.74, 6) is 0.859. The van der Waals surface area contributed by atoms with E-state index in [2.05, 4.69) is 5.09 Å². The van der Waals surface area contributed by atoms with Crippen LogP contribution in [0.1, 0.15) is 13.8 Å². The lowest BCUT2D eigenvalue weighted by Crippen LogP contribution is -2.07. The normalized spacial score (nSPS) is 15.5. The zero-order valence-electron chi connectivity index (χ0n) is 6.57. The van der Waals surface area contributed by atoms with Crippen LogP contribution in [0.2, 0.25) is 0 Å². The lowest BCUT2D eigenvalue weighted by Gasteiger charge is -2.17. The number of nitrogens with one attached hydrogen (secondary N) is 1. The molecule has 1 N–H and O–H groups in total. The van der Waals surface area contributed by atoms with Crippen LogP contribution in [0.5, 0.6) is 0 Å². The molecule has 0 radical (unpaired) electrons. The van der Waals surface area contributed by atoms with Gasteiger partial charge >= 0.3 is 0 Å². The van der Waals surface area contributed by atoms with Gasteiger partial charge in [-0.3, -0.25) is 4.79 Å². The van der Waals surface area contributed by atoms with Gasteiger partial charge in [-0.05, 0) is 24.5 Å². The average Bonchev–Trinajstić information content (AvgIpc) is 1.88. The second kappa shape index (κ2) is 6.00. The van der Waals surface area contributed by atoms with Crippen LogP contribution in [-0.2, 0) is 21.1 Å². The molecule has 0 bridgehead atoms. The number of rotatable bonds is 6. The summed E-state index contributed by atoms with van der Waals surface area (Å²) < 4.78 is 5.26. The van der Waals surface area contributed by atoms with E-state index < -0.39 is 5.62 Å². The van der Waals surface area contributed by atoms with Gasteiger partial charge in [0.2, 0.25) is 12.0 Å². The number of amides is 1. The summed E-state index contributed by atoms with van der Waals surface area (Å²) in [4.78, 5) is 10.1. The highest BCUT2D eigenvalue weighted by Gasteiger charge is 2.14. The maximum absolute atomic E-state index is 10.1. The van der Waals surface area contributed by atoms with Crippen molar-refractivity contribution in [2.75, 3.05) is 12.4 Å². The lowest BCUT2D eigenvalue weighted by atomic mass is 10.9. The molecule has 0 aliphatic rings. The van der Waals surface area contributed by atoms with Gasteiger partial charge in [0.15, 0.2) is 0 Å². The van der Waals surface area contributed by atoms with Crippen LogP contribution in [0.15, 0.2) is 0 Å².